The van der Waals surface area contributed by atoms with Crippen LogP contribution in [-0.2, 0) is 25.9 Å². The average Bonchev–Trinajstić information content (AvgIpc) is 3.17. The zero-order chi connectivity index (χ0) is 40.1. The van der Waals surface area contributed by atoms with Crippen LogP contribution in [0.5, 0.6) is 0 Å². The number of rotatable bonds is 9. The normalized spacial score (nSPS) is 10.4. The number of amides is 1. The highest BCUT2D eigenvalue weighted by Gasteiger charge is 2.10. The van der Waals surface area contributed by atoms with E-state index in [-0.39, 0.29) is 32.6 Å². The minimum absolute atomic E-state index is 0.0813. The number of carboxylic acid groups (broad SMARTS) is 1. The van der Waals surface area contributed by atoms with Gasteiger partial charge in [-0.05, 0) is 97.5 Å². The number of carboxylic acids is 1. The van der Waals surface area contributed by atoms with Gasteiger partial charge in [0.2, 0.25) is 0 Å². The highest BCUT2D eigenvalue weighted by molar-refractivity contribution is 6.31. The molecule has 11 nitrogen and oxygen atoms in total. The van der Waals surface area contributed by atoms with Gasteiger partial charge in [0.1, 0.15) is 23.3 Å². The summed E-state index contributed by atoms with van der Waals surface area (Å²) < 4.78 is 29.0. The predicted octanol–water partition coefficient (Wildman–Crippen LogP) is 7.51. The second-order valence-electron chi connectivity index (χ2n) is 11.8. The fourth-order valence-electron chi connectivity index (χ4n) is 4.92. The second kappa shape index (κ2) is 19.8. The molecule has 4 aromatic heterocycles. The molecule has 15 heteroatoms. The quantitative estimate of drug-likeness (QED) is 0.136. The molecule has 0 fully saturated rings. The number of anilines is 2. The number of nitrogens with two attached hydrogens (primary N) is 1. The summed E-state index contributed by atoms with van der Waals surface area (Å²) in [6, 6.07) is 21.8. The lowest BCUT2D eigenvalue weighted by atomic mass is 10.1. The van der Waals surface area contributed by atoms with Gasteiger partial charge in [-0.15, -0.1) is 0 Å². The maximum absolute atomic E-state index is 13.2. The number of carbonyl (C=O) groups is 2. The molecule has 0 radical (unpaired) electrons. The van der Waals surface area contributed by atoms with E-state index in [1.807, 2.05) is 19.1 Å². The van der Waals surface area contributed by atoms with Gasteiger partial charge in [0.25, 0.3) is 17.0 Å². The third-order valence-electron chi connectivity index (χ3n) is 7.86. The minimum atomic E-state index is -1.02. The van der Waals surface area contributed by atoms with Crippen LogP contribution in [-0.4, -0.2) is 36.1 Å². The summed E-state index contributed by atoms with van der Waals surface area (Å²) in [7, 11) is 0. The van der Waals surface area contributed by atoms with E-state index in [1.54, 1.807) is 55.7 Å². The third-order valence-corrected chi connectivity index (χ3v) is 8.44. The van der Waals surface area contributed by atoms with Crippen molar-refractivity contribution in [2.45, 2.75) is 39.8 Å². The summed E-state index contributed by atoms with van der Waals surface area (Å²) in [6.07, 6.45) is 7.40. The number of nitrogen functional groups attached to an aromatic ring is 1. The van der Waals surface area contributed by atoms with E-state index in [9.17, 15) is 28.0 Å². The van der Waals surface area contributed by atoms with Crippen LogP contribution in [0.2, 0.25) is 10.0 Å². The SMILES string of the molecule is CCn1cc(C(=O)Nc2ccc(Cc3ccc(F)c(Cl)c3)cn2)ccc1=O.CCn1cc(C(=O)O)ccc1=O.Nc1ccc(Cc2ccc(F)c(Cl)c2)cn1. The average molecular weight is 790 g/mol. The van der Waals surface area contributed by atoms with Gasteiger partial charge in [0.15, 0.2) is 0 Å². The van der Waals surface area contributed by atoms with Gasteiger partial charge in [0.05, 0.1) is 21.2 Å². The first kappa shape index (κ1) is 41.6. The van der Waals surface area contributed by atoms with Gasteiger partial charge in [-0.3, -0.25) is 14.4 Å². The molecule has 6 aromatic rings. The van der Waals surface area contributed by atoms with Crippen molar-refractivity contribution in [3.63, 3.8) is 0 Å². The molecular formula is C40H36Cl2F2N6O5. The molecule has 4 N–H and O–H groups in total. The smallest absolute Gasteiger partial charge is 0.337 e. The molecule has 4 heterocycles. The molecule has 0 bridgehead atoms. The number of aromatic nitrogens is 4. The molecule has 0 saturated heterocycles. The minimum Gasteiger partial charge on any atom is -0.478 e. The summed E-state index contributed by atoms with van der Waals surface area (Å²) >= 11 is 11.5. The molecule has 0 aliphatic rings. The Hall–Kier alpha value is -6.18. The van der Waals surface area contributed by atoms with Crippen molar-refractivity contribution in [3.05, 3.63) is 185 Å². The fourth-order valence-corrected chi connectivity index (χ4v) is 5.33. The van der Waals surface area contributed by atoms with Crippen LogP contribution in [0.15, 0.2) is 119 Å². The molecule has 0 aliphatic heterocycles. The molecule has 55 heavy (non-hydrogen) atoms. The maximum atomic E-state index is 13.2. The van der Waals surface area contributed by atoms with E-state index in [0.29, 0.717) is 43.1 Å². The highest BCUT2D eigenvalue weighted by atomic mass is 35.5. The zero-order valence-corrected chi connectivity index (χ0v) is 31.2. The molecule has 0 unspecified atom stereocenters. The lowest BCUT2D eigenvalue weighted by Gasteiger charge is -2.08. The third kappa shape index (κ3) is 12.4. The number of aromatic carboxylic acids is 1. The molecular weight excluding hydrogens is 753 g/mol. The number of hydrogen-bond donors (Lipinski definition) is 3. The molecule has 0 saturated carbocycles. The topological polar surface area (TPSA) is 162 Å². The maximum Gasteiger partial charge on any atom is 0.337 e. The van der Waals surface area contributed by atoms with Crippen molar-refractivity contribution in [1.82, 2.24) is 19.1 Å². The van der Waals surface area contributed by atoms with Crippen LogP contribution in [0, 0.1) is 11.6 Å². The van der Waals surface area contributed by atoms with E-state index >= 15 is 0 Å². The predicted molar refractivity (Wildman–Crippen MR) is 209 cm³/mol. The Morgan fingerprint density at radius 1 is 0.691 bits per heavy atom. The number of pyridine rings is 4. The number of halogens is 4. The Bertz CT molecular complexity index is 2390. The monoisotopic (exact) mass is 788 g/mol. The summed E-state index contributed by atoms with van der Waals surface area (Å²) in [5, 5.41) is 11.5. The fraction of sp³-hybridized carbons (Fsp3) is 0.150. The molecule has 0 spiro atoms. The summed E-state index contributed by atoms with van der Waals surface area (Å²) in [5.74, 6) is -1.33. The Labute approximate surface area is 324 Å². The number of carbonyl (C=O) groups excluding carboxylic acids is 1. The van der Waals surface area contributed by atoms with Gasteiger partial charge < -0.3 is 25.3 Å². The molecule has 0 aliphatic carbocycles. The van der Waals surface area contributed by atoms with Gasteiger partial charge in [-0.2, -0.15) is 0 Å². The molecule has 1 amide bonds. The van der Waals surface area contributed by atoms with Crippen LogP contribution in [0.25, 0.3) is 0 Å². The van der Waals surface area contributed by atoms with Crippen molar-refractivity contribution in [3.8, 4) is 0 Å². The van der Waals surface area contributed by atoms with Crippen molar-refractivity contribution in [2.24, 2.45) is 0 Å². The van der Waals surface area contributed by atoms with Gasteiger partial charge in [-0.25, -0.2) is 23.5 Å². The number of nitrogens with one attached hydrogen (secondary N) is 1. The Morgan fingerprint density at radius 2 is 1.16 bits per heavy atom. The van der Waals surface area contributed by atoms with Crippen LogP contribution >= 0.6 is 23.2 Å². The van der Waals surface area contributed by atoms with Gasteiger partial charge in [0, 0.05) is 50.0 Å². The van der Waals surface area contributed by atoms with E-state index in [2.05, 4.69) is 15.3 Å². The summed E-state index contributed by atoms with van der Waals surface area (Å²) in [6.45, 7) is 4.59. The van der Waals surface area contributed by atoms with Crippen LogP contribution in [0.3, 0.4) is 0 Å². The number of aryl methyl sites for hydroxylation is 2. The highest BCUT2D eigenvalue weighted by Crippen LogP contribution is 2.20. The molecule has 2 aromatic carbocycles. The van der Waals surface area contributed by atoms with E-state index < -0.39 is 17.6 Å². The zero-order valence-electron chi connectivity index (χ0n) is 29.7. The van der Waals surface area contributed by atoms with Crippen molar-refractivity contribution in [1.29, 1.82) is 0 Å². The lowest BCUT2D eigenvalue weighted by molar-refractivity contribution is 0.0695. The van der Waals surface area contributed by atoms with Crippen LogP contribution < -0.4 is 22.2 Å². The van der Waals surface area contributed by atoms with Crippen LogP contribution in [0.1, 0.15) is 56.8 Å². The largest absolute Gasteiger partial charge is 0.478 e. The first-order valence-corrected chi connectivity index (χ1v) is 17.5. The Morgan fingerprint density at radius 3 is 1.60 bits per heavy atom. The summed E-state index contributed by atoms with van der Waals surface area (Å²) in [4.78, 5) is 53.6. The molecule has 6 rings (SSSR count). The van der Waals surface area contributed by atoms with E-state index in [4.69, 9.17) is 34.0 Å². The summed E-state index contributed by atoms with van der Waals surface area (Å²) in [5.41, 5.74) is 9.38. The first-order chi connectivity index (χ1) is 26.3. The second-order valence-corrected chi connectivity index (χ2v) is 12.7. The lowest BCUT2D eigenvalue weighted by Crippen LogP contribution is -2.21. The van der Waals surface area contributed by atoms with E-state index in [0.717, 1.165) is 22.3 Å². The molecule has 284 valence electrons. The standard InChI is InChI=1S/C20H17ClFN3O2.C12H10ClFN2.C8H9NO3/c1-2-25-12-15(5-8-19(25)26)20(27)24-18-7-4-14(11-23-18)9-13-3-6-17(22)16(21)10-13;13-10-6-8(1-3-11(10)14)5-9-2-4-12(15)16-7-9;1-2-9-5-6(8(11)12)3-4-7(9)10/h3-8,10-12H,2,9H2,1H3,(H,23,24,27);1-4,6-7H,5H2,(H2,15,16);3-5H,2H2,1H3,(H,11,12). The van der Waals surface area contributed by atoms with Gasteiger partial charge in [-0.1, -0.05) is 47.5 Å². The Kier molecular flexibility index (Phi) is 14.9. The van der Waals surface area contributed by atoms with Crippen molar-refractivity contribution < 1.29 is 23.5 Å². The van der Waals surface area contributed by atoms with Crippen molar-refractivity contribution >= 4 is 46.7 Å². The van der Waals surface area contributed by atoms with Gasteiger partial charge >= 0.3 is 5.97 Å². The number of benzene rings is 2. The first-order valence-electron chi connectivity index (χ1n) is 16.7. The Balaban J connectivity index is 0.000000203. The van der Waals surface area contributed by atoms with Crippen molar-refractivity contribution in [2.75, 3.05) is 11.1 Å². The van der Waals surface area contributed by atoms with E-state index in [1.165, 1.54) is 57.9 Å². The number of hydrogen-bond acceptors (Lipinski definition) is 7. The number of nitrogens with zero attached hydrogens (tertiary/aromatic N) is 4. The molecule has 0 atom stereocenters. The van der Waals surface area contributed by atoms with Crippen LogP contribution in [0.4, 0.5) is 20.4 Å².